The minimum atomic E-state index is -0.280. The molecule has 2 heterocycles. The standard InChI is InChI=1S/C19H20N4O2/c1-23-11-21-16-10-12(5-6-17(16)23)19(25)22-18(13-8-14(24)9-13)15-4-2-3-7-20-15/h2-7,10-11,13-14,18,24H,8-9H2,1H3,(H,22,25). The molecule has 1 aliphatic rings. The fourth-order valence-electron chi connectivity index (χ4n) is 3.40. The summed E-state index contributed by atoms with van der Waals surface area (Å²) in [4.78, 5) is 21.5. The van der Waals surface area contributed by atoms with Gasteiger partial charge in [-0.3, -0.25) is 9.78 Å². The van der Waals surface area contributed by atoms with Crippen LogP contribution in [-0.4, -0.2) is 31.7 Å². The highest BCUT2D eigenvalue weighted by molar-refractivity contribution is 5.97. The molecular formula is C19H20N4O2. The molecule has 1 saturated carbocycles. The Morgan fingerprint density at radius 3 is 2.84 bits per heavy atom. The Morgan fingerprint density at radius 2 is 2.12 bits per heavy atom. The molecule has 0 aliphatic heterocycles. The minimum Gasteiger partial charge on any atom is -0.393 e. The van der Waals surface area contributed by atoms with Crippen LogP contribution in [0.4, 0.5) is 0 Å². The van der Waals surface area contributed by atoms with Crippen molar-refractivity contribution in [2.24, 2.45) is 13.0 Å². The Balaban J connectivity index is 1.59. The van der Waals surface area contributed by atoms with Gasteiger partial charge in [0.25, 0.3) is 5.91 Å². The van der Waals surface area contributed by atoms with Crippen molar-refractivity contribution in [3.8, 4) is 0 Å². The van der Waals surface area contributed by atoms with Gasteiger partial charge in [0.2, 0.25) is 0 Å². The molecule has 4 rings (SSSR count). The number of aliphatic hydroxyl groups is 1. The van der Waals surface area contributed by atoms with Crippen LogP contribution in [0, 0.1) is 5.92 Å². The van der Waals surface area contributed by atoms with Gasteiger partial charge in [0.05, 0.1) is 35.2 Å². The van der Waals surface area contributed by atoms with Crippen molar-refractivity contribution < 1.29 is 9.90 Å². The van der Waals surface area contributed by atoms with Gasteiger partial charge in [0.15, 0.2) is 0 Å². The summed E-state index contributed by atoms with van der Waals surface area (Å²) >= 11 is 0. The van der Waals surface area contributed by atoms with Crippen LogP contribution in [0.25, 0.3) is 11.0 Å². The van der Waals surface area contributed by atoms with Gasteiger partial charge < -0.3 is 15.0 Å². The summed E-state index contributed by atoms with van der Waals surface area (Å²) in [5.74, 6) is 0.0528. The predicted octanol–water partition coefficient (Wildman–Crippen LogP) is 2.21. The zero-order valence-corrected chi connectivity index (χ0v) is 14.0. The second kappa shape index (κ2) is 6.29. The van der Waals surface area contributed by atoms with Crippen LogP contribution in [0.1, 0.15) is 34.9 Å². The predicted molar refractivity (Wildman–Crippen MR) is 93.9 cm³/mol. The fourth-order valence-corrected chi connectivity index (χ4v) is 3.40. The maximum Gasteiger partial charge on any atom is 0.251 e. The lowest BCUT2D eigenvalue weighted by Gasteiger charge is -2.37. The number of rotatable bonds is 4. The van der Waals surface area contributed by atoms with Crippen LogP contribution in [0.2, 0.25) is 0 Å². The van der Waals surface area contributed by atoms with E-state index >= 15 is 0 Å². The number of imidazole rings is 1. The van der Waals surface area contributed by atoms with Crippen LogP contribution in [0.15, 0.2) is 48.9 Å². The van der Waals surface area contributed by atoms with E-state index in [1.807, 2.05) is 41.9 Å². The number of carbonyl (C=O) groups is 1. The minimum absolute atomic E-state index is 0.149. The summed E-state index contributed by atoms with van der Waals surface area (Å²) in [7, 11) is 1.92. The first-order chi connectivity index (χ1) is 12.1. The van der Waals surface area contributed by atoms with Crippen LogP contribution in [0.3, 0.4) is 0 Å². The topological polar surface area (TPSA) is 80.0 Å². The molecule has 3 aromatic rings. The van der Waals surface area contributed by atoms with E-state index in [1.165, 1.54) is 0 Å². The number of amides is 1. The Bertz CT molecular complexity index is 900. The maximum atomic E-state index is 12.8. The van der Waals surface area contributed by atoms with Crippen molar-refractivity contribution in [3.63, 3.8) is 0 Å². The van der Waals surface area contributed by atoms with E-state index in [9.17, 15) is 9.90 Å². The van der Waals surface area contributed by atoms with Crippen molar-refractivity contribution in [3.05, 3.63) is 60.2 Å². The van der Waals surface area contributed by atoms with E-state index in [0.717, 1.165) is 16.7 Å². The SMILES string of the molecule is Cn1cnc2cc(C(=O)NC(c3ccccn3)C3CC(O)C3)ccc21. The number of hydrogen-bond donors (Lipinski definition) is 2. The zero-order chi connectivity index (χ0) is 17.4. The highest BCUT2D eigenvalue weighted by Gasteiger charge is 2.36. The maximum absolute atomic E-state index is 12.8. The number of aryl methyl sites for hydroxylation is 1. The molecule has 6 nitrogen and oxygen atoms in total. The van der Waals surface area contributed by atoms with Crippen molar-refractivity contribution in [1.82, 2.24) is 19.9 Å². The number of benzene rings is 1. The van der Waals surface area contributed by atoms with E-state index in [4.69, 9.17) is 0 Å². The normalized spacial score (nSPS) is 20.9. The number of nitrogens with zero attached hydrogens (tertiary/aromatic N) is 3. The molecule has 25 heavy (non-hydrogen) atoms. The van der Waals surface area contributed by atoms with Crippen LogP contribution in [0.5, 0.6) is 0 Å². The van der Waals surface area contributed by atoms with Crippen LogP contribution in [-0.2, 0) is 7.05 Å². The quantitative estimate of drug-likeness (QED) is 0.765. The fraction of sp³-hybridized carbons (Fsp3) is 0.316. The lowest BCUT2D eigenvalue weighted by Crippen LogP contribution is -2.41. The Morgan fingerprint density at radius 1 is 1.28 bits per heavy atom. The molecule has 0 spiro atoms. The second-order valence-corrected chi connectivity index (χ2v) is 6.65. The first-order valence-electron chi connectivity index (χ1n) is 8.43. The molecule has 128 valence electrons. The van der Waals surface area contributed by atoms with Gasteiger partial charge >= 0.3 is 0 Å². The molecule has 1 unspecified atom stereocenters. The highest BCUT2D eigenvalue weighted by Crippen LogP contribution is 2.37. The van der Waals surface area contributed by atoms with E-state index in [-0.39, 0.29) is 24.0 Å². The van der Waals surface area contributed by atoms with Gasteiger partial charge in [-0.15, -0.1) is 0 Å². The number of nitrogens with one attached hydrogen (secondary N) is 1. The Hall–Kier alpha value is -2.73. The van der Waals surface area contributed by atoms with Crippen molar-refractivity contribution in [1.29, 1.82) is 0 Å². The van der Waals surface area contributed by atoms with Crippen LogP contribution < -0.4 is 5.32 Å². The first-order valence-corrected chi connectivity index (χ1v) is 8.43. The van der Waals surface area contributed by atoms with Gasteiger partial charge in [-0.2, -0.15) is 0 Å². The molecule has 1 aromatic carbocycles. The third-order valence-corrected chi connectivity index (χ3v) is 4.90. The van der Waals surface area contributed by atoms with Gasteiger partial charge in [-0.05, 0) is 49.1 Å². The van der Waals surface area contributed by atoms with Gasteiger partial charge in [0, 0.05) is 18.8 Å². The molecule has 6 heteroatoms. The summed E-state index contributed by atoms with van der Waals surface area (Å²) < 4.78 is 1.92. The molecule has 0 bridgehead atoms. The summed E-state index contributed by atoms with van der Waals surface area (Å²) in [6.07, 6.45) is 4.54. The van der Waals surface area contributed by atoms with E-state index in [1.54, 1.807) is 18.6 Å². The largest absolute Gasteiger partial charge is 0.393 e. The molecule has 2 N–H and O–H groups in total. The molecule has 0 radical (unpaired) electrons. The molecule has 2 aromatic heterocycles. The molecular weight excluding hydrogens is 316 g/mol. The Labute approximate surface area is 145 Å². The Kier molecular flexibility index (Phi) is 3.97. The number of fused-ring (bicyclic) bond motifs is 1. The lowest BCUT2D eigenvalue weighted by molar-refractivity contribution is 0.0228. The zero-order valence-electron chi connectivity index (χ0n) is 14.0. The van der Waals surface area contributed by atoms with E-state index in [0.29, 0.717) is 18.4 Å². The lowest BCUT2D eigenvalue weighted by atomic mass is 9.76. The number of pyridine rings is 1. The average molecular weight is 336 g/mol. The number of hydrogen-bond acceptors (Lipinski definition) is 4. The van der Waals surface area contributed by atoms with E-state index < -0.39 is 0 Å². The van der Waals surface area contributed by atoms with Crippen molar-refractivity contribution >= 4 is 16.9 Å². The number of aromatic nitrogens is 3. The number of carbonyl (C=O) groups excluding carboxylic acids is 1. The van der Waals surface area contributed by atoms with Gasteiger partial charge in [0.1, 0.15) is 0 Å². The molecule has 0 saturated heterocycles. The first kappa shape index (κ1) is 15.8. The molecule has 1 atom stereocenters. The smallest absolute Gasteiger partial charge is 0.251 e. The molecule has 1 aliphatic carbocycles. The monoisotopic (exact) mass is 336 g/mol. The van der Waals surface area contributed by atoms with Gasteiger partial charge in [-0.1, -0.05) is 6.07 Å². The summed E-state index contributed by atoms with van der Waals surface area (Å²) in [6.45, 7) is 0. The highest BCUT2D eigenvalue weighted by atomic mass is 16.3. The summed E-state index contributed by atoms with van der Waals surface area (Å²) in [6, 6.07) is 11.0. The second-order valence-electron chi connectivity index (χ2n) is 6.65. The molecule has 1 fully saturated rings. The average Bonchev–Trinajstić information content (AvgIpc) is 2.98. The van der Waals surface area contributed by atoms with Crippen molar-refractivity contribution in [2.45, 2.75) is 25.0 Å². The summed E-state index contributed by atoms with van der Waals surface area (Å²) in [5, 5.41) is 12.7. The third-order valence-electron chi connectivity index (χ3n) is 4.90. The van der Waals surface area contributed by atoms with Crippen molar-refractivity contribution in [2.75, 3.05) is 0 Å². The number of aliphatic hydroxyl groups excluding tert-OH is 1. The van der Waals surface area contributed by atoms with Crippen LogP contribution >= 0.6 is 0 Å². The third kappa shape index (κ3) is 3.00. The van der Waals surface area contributed by atoms with Gasteiger partial charge in [-0.25, -0.2) is 4.98 Å². The van der Waals surface area contributed by atoms with E-state index in [2.05, 4.69) is 15.3 Å². The summed E-state index contributed by atoms with van der Waals surface area (Å²) in [5.41, 5.74) is 3.18. The molecule has 1 amide bonds.